The summed E-state index contributed by atoms with van der Waals surface area (Å²) in [5.41, 5.74) is 12.4. The van der Waals surface area contributed by atoms with Crippen LogP contribution < -0.4 is 11.5 Å². The minimum absolute atomic E-state index is 0.227. The van der Waals surface area contributed by atoms with E-state index in [1.165, 1.54) is 6.33 Å². The molecule has 4 N–H and O–H groups in total. The molecule has 1 aliphatic carbocycles. The maximum absolute atomic E-state index is 11.1. The van der Waals surface area contributed by atoms with E-state index in [1.54, 1.807) is 13.4 Å². The third kappa shape index (κ3) is 5.02. The third-order valence-corrected chi connectivity index (χ3v) is 6.97. The van der Waals surface area contributed by atoms with Crippen molar-refractivity contribution >= 4 is 22.9 Å². The lowest BCUT2D eigenvalue weighted by Crippen LogP contribution is -2.53. The number of carbonyl (C=O) groups excluding carboxylic acids is 1. The summed E-state index contributed by atoms with van der Waals surface area (Å²) in [7, 11) is 1.71. The van der Waals surface area contributed by atoms with Crippen molar-refractivity contribution in [3.8, 4) is 0 Å². The fourth-order valence-electron chi connectivity index (χ4n) is 5.16. The van der Waals surface area contributed by atoms with Gasteiger partial charge in [-0.3, -0.25) is 14.3 Å². The number of ether oxygens (including phenoxy) is 3. The summed E-state index contributed by atoms with van der Waals surface area (Å²) in [6.07, 6.45) is 5.39. The van der Waals surface area contributed by atoms with Gasteiger partial charge in [0.2, 0.25) is 5.91 Å². The summed E-state index contributed by atoms with van der Waals surface area (Å²) in [5.74, 6) is -0.168. The van der Waals surface area contributed by atoms with Crippen molar-refractivity contribution < 1.29 is 19.0 Å². The van der Waals surface area contributed by atoms with Gasteiger partial charge >= 0.3 is 0 Å². The van der Waals surface area contributed by atoms with Crippen molar-refractivity contribution in [2.75, 3.05) is 19.4 Å². The maximum atomic E-state index is 11.1. The fraction of sp³-hybridized carbons (Fsp3) is 0.739. The highest BCUT2D eigenvalue weighted by molar-refractivity contribution is 5.81. The van der Waals surface area contributed by atoms with E-state index in [2.05, 4.69) is 33.7 Å². The van der Waals surface area contributed by atoms with Gasteiger partial charge in [-0.05, 0) is 52.9 Å². The van der Waals surface area contributed by atoms with E-state index in [4.69, 9.17) is 25.7 Å². The smallest absolute Gasteiger partial charge is 0.217 e. The SMILES string of the molecule is CO[C@H](CN(C(C)C)C1CC(CCC(N)=O)C1)[C@H]1OC(C)(C)O[C@H]1n1cnc2c(N)ncnc21. The van der Waals surface area contributed by atoms with Crippen LogP contribution in [0.25, 0.3) is 11.2 Å². The number of aromatic nitrogens is 4. The Morgan fingerprint density at radius 3 is 2.68 bits per heavy atom. The lowest BCUT2D eigenvalue weighted by Gasteiger charge is -2.46. The van der Waals surface area contributed by atoms with Crippen LogP contribution in [0.3, 0.4) is 0 Å². The van der Waals surface area contributed by atoms with Gasteiger partial charge < -0.3 is 25.7 Å². The Morgan fingerprint density at radius 1 is 1.29 bits per heavy atom. The van der Waals surface area contributed by atoms with Crippen LogP contribution in [-0.2, 0) is 19.0 Å². The van der Waals surface area contributed by atoms with E-state index in [1.807, 2.05) is 18.4 Å². The number of fused-ring (bicyclic) bond motifs is 1. The second-order valence-corrected chi connectivity index (χ2v) is 10.1. The van der Waals surface area contributed by atoms with Crippen molar-refractivity contribution in [1.29, 1.82) is 0 Å². The van der Waals surface area contributed by atoms with Gasteiger partial charge in [-0.2, -0.15) is 0 Å². The first-order valence-corrected chi connectivity index (χ1v) is 11.9. The first kappa shape index (κ1) is 24.8. The Morgan fingerprint density at radius 2 is 2.03 bits per heavy atom. The average Bonchev–Trinajstić information content (AvgIpc) is 3.29. The molecule has 0 spiro atoms. The van der Waals surface area contributed by atoms with Crippen LogP contribution in [0.4, 0.5) is 5.82 Å². The number of amides is 1. The van der Waals surface area contributed by atoms with E-state index in [0.717, 1.165) is 19.3 Å². The number of primary amides is 1. The summed E-state index contributed by atoms with van der Waals surface area (Å²) in [5, 5.41) is 0. The number of carbonyl (C=O) groups is 1. The number of nitrogens with two attached hydrogens (primary N) is 2. The number of anilines is 1. The molecule has 1 saturated carbocycles. The van der Waals surface area contributed by atoms with Gasteiger partial charge in [0.15, 0.2) is 23.5 Å². The molecule has 3 atom stereocenters. The molecule has 1 aliphatic heterocycles. The van der Waals surface area contributed by atoms with Crippen LogP contribution in [0.1, 0.15) is 59.6 Å². The molecule has 11 heteroatoms. The molecule has 2 fully saturated rings. The lowest BCUT2D eigenvalue weighted by atomic mass is 9.76. The molecule has 2 aromatic heterocycles. The number of rotatable bonds is 10. The van der Waals surface area contributed by atoms with Crippen molar-refractivity contribution in [1.82, 2.24) is 24.4 Å². The highest BCUT2D eigenvalue weighted by atomic mass is 16.8. The second kappa shape index (κ2) is 9.73. The zero-order valence-electron chi connectivity index (χ0n) is 20.7. The first-order valence-electron chi connectivity index (χ1n) is 11.9. The average molecular weight is 476 g/mol. The number of hydrogen-bond acceptors (Lipinski definition) is 9. The Hall–Kier alpha value is -2.34. The molecular weight excluding hydrogens is 438 g/mol. The van der Waals surface area contributed by atoms with Crippen molar-refractivity contribution in [2.45, 2.75) is 89.7 Å². The Bertz CT molecular complexity index is 1000. The largest absolute Gasteiger partial charge is 0.382 e. The number of nitrogens with zero attached hydrogens (tertiary/aromatic N) is 5. The first-order chi connectivity index (χ1) is 16.1. The number of methoxy groups -OCH3 is 1. The molecule has 2 aliphatic rings. The van der Waals surface area contributed by atoms with Crippen LogP contribution in [0.15, 0.2) is 12.7 Å². The van der Waals surface area contributed by atoms with Gasteiger partial charge in [-0.1, -0.05) is 0 Å². The quantitative estimate of drug-likeness (QED) is 0.526. The lowest BCUT2D eigenvalue weighted by molar-refractivity contribution is -0.163. The highest BCUT2D eigenvalue weighted by Crippen LogP contribution is 2.40. The zero-order chi connectivity index (χ0) is 24.6. The minimum Gasteiger partial charge on any atom is -0.382 e. The van der Waals surface area contributed by atoms with Crippen LogP contribution in [0.5, 0.6) is 0 Å². The number of nitrogen functional groups attached to an aromatic ring is 1. The van der Waals surface area contributed by atoms with Crippen LogP contribution in [0.2, 0.25) is 0 Å². The Labute approximate surface area is 200 Å². The minimum atomic E-state index is -0.805. The summed E-state index contributed by atoms with van der Waals surface area (Å²) in [6, 6.07) is 0.765. The van der Waals surface area contributed by atoms with Gasteiger partial charge in [0, 0.05) is 32.2 Å². The van der Waals surface area contributed by atoms with Gasteiger partial charge in [0.25, 0.3) is 0 Å². The Balaban J connectivity index is 1.52. The monoisotopic (exact) mass is 475 g/mol. The number of hydrogen-bond donors (Lipinski definition) is 2. The van der Waals surface area contributed by atoms with E-state index in [-0.39, 0.29) is 18.1 Å². The van der Waals surface area contributed by atoms with Crippen LogP contribution in [0, 0.1) is 5.92 Å². The molecule has 34 heavy (non-hydrogen) atoms. The molecule has 0 unspecified atom stereocenters. The molecule has 3 heterocycles. The molecular formula is C23H37N7O4. The predicted molar refractivity (Wildman–Crippen MR) is 126 cm³/mol. The van der Waals surface area contributed by atoms with Crippen LogP contribution in [-0.4, -0.2) is 74.1 Å². The van der Waals surface area contributed by atoms with Crippen molar-refractivity contribution in [3.05, 3.63) is 12.7 Å². The summed E-state index contributed by atoms with van der Waals surface area (Å²) in [6.45, 7) is 8.86. The summed E-state index contributed by atoms with van der Waals surface area (Å²) < 4.78 is 20.5. The standard InChI is InChI=1S/C23H37N7O4/c1-13(2)29(15-8-14(9-15)6-7-17(24)31)10-16(32-5)19-22(34-23(3,4)33-19)30-12-28-18-20(25)26-11-27-21(18)30/h11-16,19,22H,6-10H2,1-5H3,(H2,24,31)(H2,25,26,27)/t14?,15?,16-,19-,22-/m1/s1. The van der Waals surface area contributed by atoms with Gasteiger partial charge in [0.1, 0.15) is 24.1 Å². The zero-order valence-corrected chi connectivity index (χ0v) is 20.7. The molecule has 4 rings (SSSR count). The van der Waals surface area contributed by atoms with Gasteiger partial charge in [0.05, 0.1) is 6.33 Å². The van der Waals surface area contributed by atoms with Gasteiger partial charge in [-0.25, -0.2) is 15.0 Å². The molecule has 2 aromatic rings. The summed E-state index contributed by atoms with van der Waals surface area (Å²) in [4.78, 5) is 26.4. The molecule has 188 valence electrons. The van der Waals surface area contributed by atoms with E-state index in [9.17, 15) is 4.79 Å². The molecule has 1 amide bonds. The van der Waals surface area contributed by atoms with E-state index >= 15 is 0 Å². The second-order valence-electron chi connectivity index (χ2n) is 10.1. The van der Waals surface area contributed by atoms with Crippen LogP contribution >= 0.6 is 0 Å². The Kier molecular flexibility index (Phi) is 7.09. The predicted octanol–water partition coefficient (Wildman–Crippen LogP) is 1.83. The maximum Gasteiger partial charge on any atom is 0.217 e. The van der Waals surface area contributed by atoms with E-state index in [0.29, 0.717) is 47.9 Å². The van der Waals surface area contributed by atoms with Gasteiger partial charge in [-0.15, -0.1) is 0 Å². The molecule has 1 saturated heterocycles. The summed E-state index contributed by atoms with van der Waals surface area (Å²) >= 11 is 0. The van der Waals surface area contributed by atoms with Crippen molar-refractivity contribution in [3.63, 3.8) is 0 Å². The van der Waals surface area contributed by atoms with E-state index < -0.39 is 12.0 Å². The fourth-order valence-corrected chi connectivity index (χ4v) is 5.16. The number of imidazole rings is 1. The van der Waals surface area contributed by atoms with Crippen molar-refractivity contribution in [2.24, 2.45) is 11.7 Å². The topological polar surface area (TPSA) is 144 Å². The normalized spacial score (nSPS) is 27.4. The highest BCUT2D eigenvalue weighted by Gasteiger charge is 2.48. The molecule has 11 nitrogen and oxygen atoms in total. The molecule has 0 bridgehead atoms. The molecule has 0 aromatic carbocycles. The molecule has 0 radical (unpaired) electrons. The third-order valence-electron chi connectivity index (χ3n) is 6.97.